The first-order chi connectivity index (χ1) is 10.8. The molecule has 1 atom stereocenters. The van der Waals surface area contributed by atoms with Crippen LogP contribution in [0.5, 0.6) is 0 Å². The van der Waals surface area contributed by atoms with Crippen molar-refractivity contribution >= 4 is 12.1 Å². The number of hydrogen-bond donors (Lipinski definition) is 1. The van der Waals surface area contributed by atoms with Gasteiger partial charge in [-0.05, 0) is 19.3 Å². The molecule has 5 nitrogen and oxygen atoms in total. The predicted molar refractivity (Wildman–Crippen MR) is 88.4 cm³/mol. The van der Waals surface area contributed by atoms with Gasteiger partial charge in [0.1, 0.15) is 0 Å². The van der Waals surface area contributed by atoms with Crippen molar-refractivity contribution in [3.05, 3.63) is 0 Å². The molecule has 0 aromatic carbocycles. The summed E-state index contributed by atoms with van der Waals surface area (Å²) < 4.78 is 0. The van der Waals surface area contributed by atoms with Gasteiger partial charge in [-0.3, -0.25) is 9.69 Å². The fourth-order valence-corrected chi connectivity index (χ4v) is 3.70. The van der Waals surface area contributed by atoms with Gasteiger partial charge in [0.05, 0.1) is 11.8 Å². The van der Waals surface area contributed by atoms with Gasteiger partial charge in [0.15, 0.2) is 0 Å². The smallest absolute Gasteiger partial charge is 0.209 e. The van der Waals surface area contributed by atoms with E-state index in [9.17, 15) is 10.0 Å². The Labute approximate surface area is 134 Å². The van der Waals surface area contributed by atoms with Gasteiger partial charge in [-0.15, -0.1) is 0 Å². The Kier molecular flexibility index (Phi) is 7.71. The number of carbonyl (C=O) groups is 1. The molecule has 2 rings (SSSR count). The highest BCUT2D eigenvalue weighted by molar-refractivity contribution is 5.89. The molecule has 1 N–H and O–H groups in total. The third-order valence-electron chi connectivity index (χ3n) is 5.11. The van der Waals surface area contributed by atoms with E-state index in [4.69, 9.17) is 0 Å². The molecule has 1 saturated heterocycles. The second kappa shape index (κ2) is 9.82. The summed E-state index contributed by atoms with van der Waals surface area (Å²) in [6.45, 7) is 3.36. The highest BCUT2D eigenvalue weighted by Crippen LogP contribution is 2.20. The first kappa shape index (κ1) is 17.3. The fraction of sp³-hybridized carbons (Fsp3) is 0.882. The topological polar surface area (TPSA) is 56.1 Å². The molecule has 0 unspecified atom stereocenters. The van der Waals surface area contributed by atoms with E-state index in [-0.39, 0.29) is 6.04 Å². The lowest BCUT2D eigenvalue weighted by Gasteiger charge is -2.38. The van der Waals surface area contributed by atoms with Gasteiger partial charge in [-0.2, -0.15) is 0 Å². The van der Waals surface area contributed by atoms with E-state index in [1.807, 2.05) is 4.90 Å². The monoisotopic (exact) mass is 309 g/mol. The number of piperazine rings is 1. The van der Waals surface area contributed by atoms with Crippen LogP contribution in [0.1, 0.15) is 64.2 Å². The standard InChI is InChI=1S/C17H31N3O2/c21-15-19-11-13-20(14-12-19)17-10-8-6-4-2-1-3-5-7-9-16(17)18-22/h15,17,22H,1-14H2/b18-16+/t17-/m1/s1. The van der Waals surface area contributed by atoms with Gasteiger partial charge in [-0.1, -0.05) is 50.1 Å². The van der Waals surface area contributed by atoms with Crippen molar-refractivity contribution in [3.63, 3.8) is 0 Å². The maximum Gasteiger partial charge on any atom is 0.209 e. The number of hydrogen-bond acceptors (Lipinski definition) is 4. The molecular formula is C17H31N3O2. The molecule has 1 amide bonds. The highest BCUT2D eigenvalue weighted by atomic mass is 16.4. The van der Waals surface area contributed by atoms with Crippen LogP contribution in [-0.4, -0.2) is 59.3 Å². The molecule has 1 heterocycles. The minimum absolute atomic E-state index is 0.262. The van der Waals surface area contributed by atoms with Crippen molar-refractivity contribution in [2.45, 2.75) is 70.3 Å². The predicted octanol–water partition coefficient (Wildman–Crippen LogP) is 2.87. The Bertz CT molecular complexity index is 352. The zero-order chi connectivity index (χ0) is 15.6. The summed E-state index contributed by atoms with van der Waals surface area (Å²) in [4.78, 5) is 15.1. The Morgan fingerprint density at radius 1 is 0.909 bits per heavy atom. The number of oxime groups is 1. The van der Waals surface area contributed by atoms with E-state index in [1.54, 1.807) is 0 Å². The van der Waals surface area contributed by atoms with Gasteiger partial charge in [-0.25, -0.2) is 0 Å². The summed E-state index contributed by atoms with van der Waals surface area (Å²) in [5.41, 5.74) is 0.958. The van der Waals surface area contributed by atoms with E-state index >= 15 is 0 Å². The van der Waals surface area contributed by atoms with Crippen LogP contribution in [0.25, 0.3) is 0 Å². The van der Waals surface area contributed by atoms with Gasteiger partial charge in [0, 0.05) is 26.2 Å². The zero-order valence-corrected chi connectivity index (χ0v) is 13.8. The lowest BCUT2D eigenvalue weighted by atomic mass is 9.95. The van der Waals surface area contributed by atoms with E-state index in [2.05, 4.69) is 10.1 Å². The first-order valence-corrected chi connectivity index (χ1v) is 8.99. The average Bonchev–Trinajstić information content (AvgIpc) is 2.55. The second-order valence-corrected chi connectivity index (χ2v) is 6.65. The molecule has 126 valence electrons. The molecule has 0 bridgehead atoms. The Morgan fingerprint density at radius 2 is 1.50 bits per heavy atom. The maximum absolute atomic E-state index is 10.9. The molecule has 0 spiro atoms. The summed E-state index contributed by atoms with van der Waals surface area (Å²) in [6.07, 6.45) is 13.1. The molecule has 1 saturated carbocycles. The Hall–Kier alpha value is -1.10. The minimum atomic E-state index is 0.262. The van der Waals surface area contributed by atoms with Gasteiger partial charge in [0.2, 0.25) is 6.41 Å². The number of amides is 1. The minimum Gasteiger partial charge on any atom is -0.411 e. The van der Waals surface area contributed by atoms with Crippen molar-refractivity contribution in [3.8, 4) is 0 Å². The molecule has 2 fully saturated rings. The Morgan fingerprint density at radius 3 is 2.09 bits per heavy atom. The molecule has 1 aliphatic heterocycles. The largest absolute Gasteiger partial charge is 0.411 e. The molecule has 0 radical (unpaired) electrons. The lowest BCUT2D eigenvalue weighted by Crippen LogP contribution is -2.52. The van der Waals surface area contributed by atoms with Gasteiger partial charge >= 0.3 is 0 Å². The summed E-state index contributed by atoms with van der Waals surface area (Å²) in [6, 6.07) is 0.262. The van der Waals surface area contributed by atoms with Crippen molar-refractivity contribution in [2.75, 3.05) is 26.2 Å². The van der Waals surface area contributed by atoms with Crippen LogP contribution in [-0.2, 0) is 4.79 Å². The van der Waals surface area contributed by atoms with Crippen LogP contribution in [0.3, 0.4) is 0 Å². The Balaban J connectivity index is 1.96. The lowest BCUT2D eigenvalue weighted by molar-refractivity contribution is -0.119. The van der Waals surface area contributed by atoms with Crippen LogP contribution in [0, 0.1) is 0 Å². The normalized spacial score (nSPS) is 28.8. The van der Waals surface area contributed by atoms with Crippen LogP contribution in [0.4, 0.5) is 0 Å². The molecule has 1 aliphatic carbocycles. The molecule has 5 heteroatoms. The van der Waals surface area contributed by atoms with Crippen molar-refractivity contribution in [2.24, 2.45) is 5.16 Å². The quantitative estimate of drug-likeness (QED) is 0.485. The van der Waals surface area contributed by atoms with Crippen LogP contribution in [0.2, 0.25) is 0 Å². The molecule has 22 heavy (non-hydrogen) atoms. The van der Waals surface area contributed by atoms with E-state index in [0.717, 1.165) is 57.6 Å². The number of rotatable bonds is 2. The molecule has 2 aliphatic rings. The van der Waals surface area contributed by atoms with E-state index in [1.165, 1.54) is 44.9 Å². The van der Waals surface area contributed by atoms with E-state index < -0.39 is 0 Å². The summed E-state index contributed by atoms with van der Waals surface area (Å²) in [5, 5.41) is 13.2. The average molecular weight is 309 g/mol. The van der Waals surface area contributed by atoms with Gasteiger partial charge < -0.3 is 10.1 Å². The van der Waals surface area contributed by atoms with Crippen LogP contribution in [0.15, 0.2) is 5.16 Å². The van der Waals surface area contributed by atoms with Gasteiger partial charge in [0.25, 0.3) is 0 Å². The van der Waals surface area contributed by atoms with Crippen LogP contribution < -0.4 is 0 Å². The third kappa shape index (κ3) is 5.27. The highest BCUT2D eigenvalue weighted by Gasteiger charge is 2.27. The van der Waals surface area contributed by atoms with Crippen LogP contribution >= 0.6 is 0 Å². The fourth-order valence-electron chi connectivity index (χ4n) is 3.70. The summed E-state index contributed by atoms with van der Waals surface area (Å²) >= 11 is 0. The maximum atomic E-state index is 10.9. The first-order valence-electron chi connectivity index (χ1n) is 8.99. The summed E-state index contributed by atoms with van der Waals surface area (Å²) in [5.74, 6) is 0. The third-order valence-corrected chi connectivity index (χ3v) is 5.11. The number of nitrogens with zero attached hydrogens (tertiary/aromatic N) is 3. The summed E-state index contributed by atoms with van der Waals surface area (Å²) in [7, 11) is 0. The SMILES string of the molecule is O=CN1CCN([C@@H]2CCCCCCCCCC/C2=N\O)CC1. The second-order valence-electron chi connectivity index (χ2n) is 6.65. The molecular weight excluding hydrogens is 278 g/mol. The van der Waals surface area contributed by atoms with E-state index in [0.29, 0.717) is 0 Å². The number of carbonyl (C=O) groups excluding carboxylic acids is 1. The van der Waals surface area contributed by atoms with Crippen molar-refractivity contribution < 1.29 is 10.0 Å². The molecule has 0 aromatic heterocycles. The van der Waals surface area contributed by atoms with Crippen molar-refractivity contribution in [1.29, 1.82) is 0 Å². The van der Waals surface area contributed by atoms with Crippen molar-refractivity contribution in [1.82, 2.24) is 9.80 Å². The zero-order valence-electron chi connectivity index (χ0n) is 13.8. The molecule has 0 aromatic rings.